The number of ether oxygens (including phenoxy) is 4. The number of benzene rings is 4. The molecule has 0 radical (unpaired) electrons. The van der Waals surface area contributed by atoms with Crippen LogP contribution in [0.1, 0.15) is 18.1 Å². The van der Waals surface area contributed by atoms with Gasteiger partial charge in [-0.1, -0.05) is 24.3 Å². The third-order valence-electron chi connectivity index (χ3n) is 7.82. The van der Waals surface area contributed by atoms with Crippen molar-refractivity contribution in [2.45, 2.75) is 25.4 Å². The van der Waals surface area contributed by atoms with Gasteiger partial charge in [0.25, 0.3) is 0 Å². The first-order valence-corrected chi connectivity index (χ1v) is 15.8. The molecule has 53 heavy (non-hydrogen) atoms. The van der Waals surface area contributed by atoms with E-state index in [2.05, 4.69) is 0 Å². The first-order valence-electron chi connectivity index (χ1n) is 15.8. The fraction of sp³-hybridized carbons (Fsp3) is 0.103. The topological polar surface area (TPSA) is 223 Å². The number of esters is 2. The van der Waals surface area contributed by atoms with Crippen LogP contribution in [-0.4, -0.2) is 61.1 Å². The molecule has 6 N–H and O–H groups in total. The number of phenols is 5. The summed E-state index contributed by atoms with van der Waals surface area (Å²) in [4.78, 5) is 39.9. The maximum absolute atomic E-state index is 14.0. The average Bonchev–Trinajstić information content (AvgIpc) is 3.12. The third kappa shape index (κ3) is 8.08. The quantitative estimate of drug-likeness (QED) is 0.0786. The highest BCUT2D eigenvalue weighted by Crippen LogP contribution is 2.38. The van der Waals surface area contributed by atoms with E-state index >= 15 is 0 Å². The van der Waals surface area contributed by atoms with Crippen molar-refractivity contribution in [1.82, 2.24) is 0 Å². The summed E-state index contributed by atoms with van der Waals surface area (Å²) < 4.78 is 28.9. The van der Waals surface area contributed by atoms with E-state index in [1.165, 1.54) is 79.7 Å². The van der Waals surface area contributed by atoms with E-state index in [4.69, 9.17) is 23.4 Å². The number of carbonyl (C=O) groups is 2. The van der Waals surface area contributed by atoms with E-state index in [1.807, 2.05) is 0 Å². The van der Waals surface area contributed by atoms with Crippen LogP contribution in [0.25, 0.3) is 34.4 Å². The molecule has 1 aliphatic heterocycles. The zero-order chi connectivity index (χ0) is 37.8. The Hall–Kier alpha value is -7.19. The van der Waals surface area contributed by atoms with E-state index in [1.54, 1.807) is 12.1 Å². The Kier molecular flexibility index (Phi) is 10.1. The molecule has 3 atom stereocenters. The highest BCUT2D eigenvalue weighted by Gasteiger charge is 2.43. The summed E-state index contributed by atoms with van der Waals surface area (Å²) in [5, 5.41) is 60.7. The van der Waals surface area contributed by atoms with Crippen LogP contribution in [0.3, 0.4) is 0 Å². The fourth-order valence-electron chi connectivity index (χ4n) is 5.25. The standard InChI is InChI=1S/C39H30O14/c1-20-35(51-30(45)16-6-21-2-10-24(40)11-3-21)34(48)38(52-31(46)17-7-22-4-12-25(41)13-5-22)39(49-20)53-37-33(47)32-28(44)18-27(43)19-29(32)50-36(37)23-8-14-26(42)15-9-23/h2-20,38-44,48H,1H3/b16-6+,17-7+/t20?,38?,39-/m0/s1. The van der Waals surface area contributed by atoms with Crippen molar-refractivity contribution in [1.29, 1.82) is 0 Å². The molecule has 1 aliphatic rings. The number of aliphatic hydroxyl groups is 1. The lowest BCUT2D eigenvalue weighted by Crippen LogP contribution is -2.47. The van der Waals surface area contributed by atoms with Crippen molar-refractivity contribution in [2.75, 3.05) is 0 Å². The maximum Gasteiger partial charge on any atom is 0.336 e. The molecule has 5 aromatic rings. The van der Waals surface area contributed by atoms with Crippen LogP contribution in [0, 0.1) is 0 Å². The molecule has 0 spiro atoms. The molecule has 2 heterocycles. The molecule has 0 bridgehead atoms. The molecule has 270 valence electrons. The second-order valence-corrected chi connectivity index (χ2v) is 11.6. The van der Waals surface area contributed by atoms with E-state index in [0.29, 0.717) is 11.1 Å². The molecular weight excluding hydrogens is 692 g/mol. The number of aliphatic hydroxyl groups excluding tert-OH is 1. The minimum absolute atomic E-state index is 0.00296. The highest BCUT2D eigenvalue weighted by molar-refractivity contribution is 5.89. The summed E-state index contributed by atoms with van der Waals surface area (Å²) in [5.41, 5.74) is 0.0881. The summed E-state index contributed by atoms with van der Waals surface area (Å²) in [6, 6.07) is 19.2. The third-order valence-corrected chi connectivity index (χ3v) is 7.82. The molecule has 0 fully saturated rings. The summed E-state index contributed by atoms with van der Waals surface area (Å²) in [6.45, 7) is 1.39. The lowest BCUT2D eigenvalue weighted by atomic mass is 10.1. The van der Waals surface area contributed by atoms with Crippen molar-refractivity contribution in [3.05, 3.63) is 130 Å². The van der Waals surface area contributed by atoms with Crippen molar-refractivity contribution in [2.24, 2.45) is 0 Å². The van der Waals surface area contributed by atoms with Gasteiger partial charge >= 0.3 is 11.9 Å². The number of aromatic hydroxyl groups is 5. The van der Waals surface area contributed by atoms with Gasteiger partial charge in [-0.2, -0.15) is 0 Å². The fourth-order valence-corrected chi connectivity index (χ4v) is 5.25. The Morgan fingerprint density at radius 3 is 1.85 bits per heavy atom. The zero-order valence-electron chi connectivity index (χ0n) is 27.6. The molecule has 14 heteroatoms. The Morgan fingerprint density at radius 2 is 1.26 bits per heavy atom. The second-order valence-electron chi connectivity index (χ2n) is 11.6. The van der Waals surface area contributed by atoms with Crippen molar-refractivity contribution >= 4 is 35.1 Å². The Morgan fingerprint density at radius 1 is 0.717 bits per heavy atom. The average molecular weight is 723 g/mol. The summed E-state index contributed by atoms with van der Waals surface area (Å²) >= 11 is 0. The van der Waals surface area contributed by atoms with Crippen LogP contribution in [0.4, 0.5) is 0 Å². The molecule has 14 nitrogen and oxygen atoms in total. The van der Waals surface area contributed by atoms with Gasteiger partial charge in [0.05, 0.1) is 0 Å². The summed E-state index contributed by atoms with van der Waals surface area (Å²) in [6.07, 6.45) is -0.105. The zero-order valence-corrected chi connectivity index (χ0v) is 27.6. The van der Waals surface area contributed by atoms with Gasteiger partial charge < -0.3 is 54.0 Å². The number of phenolic OH excluding ortho intramolecular Hbond substituents is 5. The molecule has 0 amide bonds. The van der Waals surface area contributed by atoms with Crippen LogP contribution in [0.15, 0.2) is 118 Å². The minimum atomic E-state index is -1.87. The Balaban J connectivity index is 1.39. The van der Waals surface area contributed by atoms with Crippen molar-refractivity contribution in [3.63, 3.8) is 0 Å². The number of hydrogen-bond donors (Lipinski definition) is 6. The van der Waals surface area contributed by atoms with Crippen LogP contribution in [-0.2, 0) is 23.8 Å². The minimum Gasteiger partial charge on any atom is -0.508 e. The predicted molar refractivity (Wildman–Crippen MR) is 188 cm³/mol. The van der Waals surface area contributed by atoms with Gasteiger partial charge in [0, 0.05) is 29.8 Å². The monoisotopic (exact) mass is 722 g/mol. The van der Waals surface area contributed by atoms with Crippen LogP contribution in [0.5, 0.6) is 34.5 Å². The number of rotatable bonds is 9. The number of fused-ring (bicyclic) bond motifs is 1. The maximum atomic E-state index is 14.0. The largest absolute Gasteiger partial charge is 0.508 e. The van der Waals surface area contributed by atoms with Crippen LogP contribution in [0.2, 0.25) is 0 Å². The second kappa shape index (κ2) is 15.0. The summed E-state index contributed by atoms with van der Waals surface area (Å²) in [7, 11) is 0. The summed E-state index contributed by atoms with van der Waals surface area (Å²) in [5.74, 6) is -5.18. The molecule has 4 aromatic carbocycles. The lowest BCUT2D eigenvalue weighted by molar-refractivity contribution is -0.200. The highest BCUT2D eigenvalue weighted by atomic mass is 16.7. The van der Waals surface area contributed by atoms with Gasteiger partial charge in [0.15, 0.2) is 17.3 Å². The van der Waals surface area contributed by atoms with Gasteiger partial charge in [-0.25, -0.2) is 9.59 Å². The molecule has 2 unspecified atom stereocenters. The van der Waals surface area contributed by atoms with Gasteiger partial charge in [-0.15, -0.1) is 0 Å². The van der Waals surface area contributed by atoms with E-state index in [9.17, 15) is 45.0 Å². The van der Waals surface area contributed by atoms with E-state index in [-0.39, 0.29) is 39.5 Å². The molecule has 0 saturated carbocycles. The normalized spacial score (nSPS) is 17.3. The number of carbonyl (C=O) groups excluding carboxylic acids is 2. The van der Waals surface area contributed by atoms with Gasteiger partial charge in [-0.05, 0) is 78.7 Å². The van der Waals surface area contributed by atoms with Crippen LogP contribution < -0.4 is 10.2 Å². The van der Waals surface area contributed by atoms with Gasteiger partial charge in [0.2, 0.25) is 23.6 Å². The van der Waals surface area contributed by atoms with E-state index in [0.717, 1.165) is 24.3 Å². The Labute approximate surface area is 299 Å². The predicted octanol–water partition coefficient (Wildman–Crippen LogP) is 5.76. The number of hydrogen-bond acceptors (Lipinski definition) is 14. The molecule has 0 aliphatic carbocycles. The Bertz CT molecular complexity index is 2320. The molecule has 0 saturated heterocycles. The smallest absolute Gasteiger partial charge is 0.336 e. The lowest BCUT2D eigenvalue weighted by Gasteiger charge is -2.34. The first kappa shape index (κ1) is 35.6. The van der Waals surface area contributed by atoms with Crippen molar-refractivity contribution < 1.29 is 63.6 Å². The molecule has 6 rings (SSSR count). The SMILES string of the molecule is CC1O[C@@H](Oc2c(-c3ccc(O)cc3)oc3cc(O)cc(O)c3c2=O)C(OC(=O)/C=C/c2ccc(O)cc2)C(O)=C1OC(=O)/C=C/c1ccc(O)cc1. The van der Waals surface area contributed by atoms with Gasteiger partial charge in [-0.3, -0.25) is 4.79 Å². The van der Waals surface area contributed by atoms with Gasteiger partial charge in [0.1, 0.15) is 45.8 Å². The van der Waals surface area contributed by atoms with E-state index < -0.39 is 64.6 Å². The molecule has 1 aromatic heterocycles. The molecular formula is C39H30O14. The first-order chi connectivity index (χ1) is 25.4. The van der Waals surface area contributed by atoms with Crippen LogP contribution >= 0.6 is 0 Å². The van der Waals surface area contributed by atoms with Crippen molar-refractivity contribution in [3.8, 4) is 45.8 Å².